The molecule has 108 valence electrons. The van der Waals surface area contributed by atoms with E-state index in [1.54, 1.807) is 30.3 Å². The summed E-state index contributed by atoms with van der Waals surface area (Å²) in [5.41, 5.74) is 2.34. The Morgan fingerprint density at radius 3 is 2.48 bits per heavy atom. The van der Waals surface area contributed by atoms with Gasteiger partial charge in [-0.25, -0.2) is 4.98 Å². The molecule has 0 aliphatic rings. The summed E-state index contributed by atoms with van der Waals surface area (Å²) in [4.78, 5) is 16.5. The Labute approximate surface area is 133 Å². The van der Waals surface area contributed by atoms with E-state index in [4.69, 9.17) is 27.9 Å². The molecular weight excluding hydrogens is 309 g/mol. The van der Waals surface area contributed by atoms with E-state index in [0.29, 0.717) is 15.6 Å². The maximum atomic E-state index is 12.4. The minimum atomic E-state index is -0.250. The summed E-state index contributed by atoms with van der Waals surface area (Å²) in [6, 6.07) is 8.20. The second-order valence-corrected chi connectivity index (χ2v) is 5.31. The molecule has 0 unspecified atom stereocenters. The lowest BCUT2D eigenvalue weighted by Gasteiger charge is -2.07. The van der Waals surface area contributed by atoms with Gasteiger partial charge in [-0.3, -0.25) is 4.79 Å². The Morgan fingerprint density at radius 1 is 1.19 bits per heavy atom. The molecule has 1 heterocycles. The number of benzene rings is 1. The number of rotatable bonds is 4. The van der Waals surface area contributed by atoms with Crippen molar-refractivity contribution >= 4 is 34.6 Å². The number of halogens is 2. The van der Waals surface area contributed by atoms with E-state index in [0.717, 1.165) is 11.1 Å². The quantitative estimate of drug-likeness (QED) is 0.769. The Kier molecular flexibility index (Phi) is 4.66. The van der Waals surface area contributed by atoms with Gasteiger partial charge in [0, 0.05) is 10.6 Å². The first-order valence-corrected chi connectivity index (χ1v) is 6.90. The number of aromatic nitrogens is 1. The van der Waals surface area contributed by atoms with Crippen molar-refractivity contribution in [2.45, 2.75) is 6.92 Å². The van der Waals surface area contributed by atoms with E-state index in [1.807, 2.05) is 6.92 Å². The van der Waals surface area contributed by atoms with E-state index >= 15 is 0 Å². The van der Waals surface area contributed by atoms with E-state index in [-0.39, 0.29) is 17.4 Å². The molecule has 0 radical (unpaired) electrons. The Balaban J connectivity index is 2.40. The van der Waals surface area contributed by atoms with Crippen molar-refractivity contribution in [3.63, 3.8) is 0 Å². The molecule has 0 fully saturated rings. The van der Waals surface area contributed by atoms with Crippen molar-refractivity contribution in [3.8, 4) is 5.88 Å². The minimum Gasteiger partial charge on any atom is -0.480 e. The van der Waals surface area contributed by atoms with Crippen LogP contribution in [0.2, 0.25) is 10.0 Å². The van der Waals surface area contributed by atoms with Crippen molar-refractivity contribution in [2.24, 2.45) is 0 Å². The molecule has 1 aromatic carbocycles. The van der Waals surface area contributed by atoms with Gasteiger partial charge in [-0.2, -0.15) is 0 Å². The SMILES string of the molecule is C=C(C)c1ccc(C(=O)c2ccc(Cl)c(OC)n2)cc1Cl. The molecule has 0 aliphatic carbocycles. The average molecular weight is 322 g/mol. The number of nitrogens with zero attached hydrogens (tertiary/aromatic N) is 1. The number of pyridine rings is 1. The van der Waals surface area contributed by atoms with E-state index in [1.165, 1.54) is 7.11 Å². The van der Waals surface area contributed by atoms with Gasteiger partial charge in [0.15, 0.2) is 0 Å². The van der Waals surface area contributed by atoms with Gasteiger partial charge in [-0.05, 0) is 36.3 Å². The Morgan fingerprint density at radius 2 is 1.90 bits per heavy atom. The number of methoxy groups -OCH3 is 1. The van der Waals surface area contributed by atoms with E-state index in [9.17, 15) is 4.79 Å². The van der Waals surface area contributed by atoms with Crippen LogP contribution in [-0.2, 0) is 0 Å². The monoisotopic (exact) mass is 321 g/mol. The van der Waals surface area contributed by atoms with Gasteiger partial charge < -0.3 is 4.74 Å². The number of hydrogen-bond acceptors (Lipinski definition) is 3. The maximum Gasteiger partial charge on any atom is 0.232 e. The van der Waals surface area contributed by atoms with Crippen LogP contribution in [0, 0.1) is 0 Å². The summed E-state index contributed by atoms with van der Waals surface area (Å²) in [7, 11) is 1.45. The third kappa shape index (κ3) is 3.26. The van der Waals surface area contributed by atoms with Gasteiger partial charge in [-0.1, -0.05) is 41.9 Å². The van der Waals surface area contributed by atoms with Gasteiger partial charge in [-0.15, -0.1) is 0 Å². The standard InChI is InChI=1S/C16H13Cl2NO2/c1-9(2)11-5-4-10(8-13(11)18)15(20)14-7-6-12(17)16(19-14)21-3/h4-8H,1H2,2-3H3. The number of ketones is 1. The van der Waals surface area contributed by atoms with Crippen LogP contribution in [0.1, 0.15) is 28.5 Å². The third-order valence-corrected chi connectivity index (χ3v) is 3.53. The summed E-state index contributed by atoms with van der Waals surface area (Å²) in [6.07, 6.45) is 0. The summed E-state index contributed by atoms with van der Waals surface area (Å²) < 4.78 is 5.01. The Bertz CT molecular complexity index is 726. The van der Waals surface area contributed by atoms with Crippen LogP contribution in [0.5, 0.6) is 5.88 Å². The van der Waals surface area contributed by atoms with Crippen molar-refractivity contribution in [1.82, 2.24) is 4.98 Å². The maximum absolute atomic E-state index is 12.4. The lowest BCUT2D eigenvalue weighted by atomic mass is 10.0. The highest BCUT2D eigenvalue weighted by Crippen LogP contribution is 2.26. The number of carbonyl (C=O) groups is 1. The first-order chi connectivity index (χ1) is 9.93. The van der Waals surface area contributed by atoms with Gasteiger partial charge in [0.2, 0.25) is 11.7 Å². The molecule has 0 N–H and O–H groups in total. The summed E-state index contributed by atoms with van der Waals surface area (Å²) in [5.74, 6) is -0.0349. The molecule has 0 atom stereocenters. The number of allylic oxidation sites excluding steroid dienone is 1. The molecule has 0 aliphatic heterocycles. The summed E-state index contributed by atoms with van der Waals surface area (Å²) in [6.45, 7) is 5.69. The number of hydrogen-bond donors (Lipinski definition) is 0. The van der Waals surface area contributed by atoms with Gasteiger partial charge >= 0.3 is 0 Å². The van der Waals surface area contributed by atoms with Gasteiger partial charge in [0.1, 0.15) is 10.7 Å². The van der Waals surface area contributed by atoms with Crippen LogP contribution in [0.15, 0.2) is 36.9 Å². The first kappa shape index (κ1) is 15.5. The van der Waals surface area contributed by atoms with Crippen molar-refractivity contribution in [1.29, 1.82) is 0 Å². The molecule has 5 heteroatoms. The van der Waals surface area contributed by atoms with E-state index < -0.39 is 0 Å². The lowest BCUT2D eigenvalue weighted by Crippen LogP contribution is -2.05. The largest absolute Gasteiger partial charge is 0.480 e. The summed E-state index contributed by atoms with van der Waals surface area (Å²) >= 11 is 12.1. The normalized spacial score (nSPS) is 10.3. The fourth-order valence-corrected chi connectivity index (χ4v) is 2.37. The van der Waals surface area contributed by atoms with Crippen LogP contribution in [0.4, 0.5) is 0 Å². The van der Waals surface area contributed by atoms with Crippen molar-refractivity contribution < 1.29 is 9.53 Å². The molecule has 2 aromatic rings. The van der Waals surface area contributed by atoms with Crippen LogP contribution >= 0.6 is 23.2 Å². The number of carbonyl (C=O) groups excluding carboxylic acids is 1. The van der Waals surface area contributed by atoms with Crippen LogP contribution < -0.4 is 4.74 Å². The molecule has 21 heavy (non-hydrogen) atoms. The zero-order valence-corrected chi connectivity index (χ0v) is 13.1. The van der Waals surface area contributed by atoms with Crippen LogP contribution in [0.3, 0.4) is 0 Å². The lowest BCUT2D eigenvalue weighted by molar-refractivity contribution is 0.103. The predicted molar refractivity (Wildman–Crippen MR) is 85.4 cm³/mol. The van der Waals surface area contributed by atoms with Crippen LogP contribution in [-0.4, -0.2) is 17.9 Å². The predicted octanol–water partition coefficient (Wildman–Crippen LogP) is 4.66. The highest BCUT2D eigenvalue weighted by Gasteiger charge is 2.15. The van der Waals surface area contributed by atoms with Gasteiger partial charge in [0.25, 0.3) is 0 Å². The Hall–Kier alpha value is -1.84. The summed E-state index contributed by atoms with van der Waals surface area (Å²) in [5, 5.41) is 0.832. The molecule has 0 spiro atoms. The molecule has 0 bridgehead atoms. The van der Waals surface area contributed by atoms with Crippen molar-refractivity contribution in [2.75, 3.05) is 7.11 Å². The van der Waals surface area contributed by atoms with Crippen molar-refractivity contribution in [3.05, 3.63) is 63.8 Å². The smallest absolute Gasteiger partial charge is 0.232 e. The minimum absolute atomic E-state index is 0.215. The fourth-order valence-electron chi connectivity index (χ4n) is 1.84. The second kappa shape index (κ2) is 6.29. The molecule has 0 saturated heterocycles. The zero-order valence-electron chi connectivity index (χ0n) is 11.6. The van der Waals surface area contributed by atoms with E-state index in [2.05, 4.69) is 11.6 Å². The molecular formula is C16H13Cl2NO2. The highest BCUT2D eigenvalue weighted by molar-refractivity contribution is 6.33. The topological polar surface area (TPSA) is 39.2 Å². The van der Waals surface area contributed by atoms with Gasteiger partial charge in [0.05, 0.1) is 7.11 Å². The molecule has 1 aromatic heterocycles. The third-order valence-electron chi connectivity index (χ3n) is 2.93. The second-order valence-electron chi connectivity index (χ2n) is 4.49. The zero-order chi connectivity index (χ0) is 15.6. The molecule has 0 amide bonds. The highest BCUT2D eigenvalue weighted by atomic mass is 35.5. The fraction of sp³-hybridized carbons (Fsp3) is 0.125. The van der Waals surface area contributed by atoms with Crippen LogP contribution in [0.25, 0.3) is 5.57 Å². The molecule has 3 nitrogen and oxygen atoms in total. The molecule has 2 rings (SSSR count). The first-order valence-electron chi connectivity index (χ1n) is 6.14. The number of ether oxygens (including phenoxy) is 1. The average Bonchev–Trinajstić information content (AvgIpc) is 2.46. The molecule has 0 saturated carbocycles.